The maximum Gasteiger partial charge on any atom is 0.305 e. The van der Waals surface area contributed by atoms with Gasteiger partial charge in [0, 0.05) is 18.2 Å². The first-order chi connectivity index (χ1) is 8.02. The molecule has 1 rings (SSSR count). The Morgan fingerprint density at radius 1 is 1.35 bits per heavy atom. The van der Waals surface area contributed by atoms with Crippen molar-refractivity contribution in [1.29, 1.82) is 0 Å². The van der Waals surface area contributed by atoms with Crippen LogP contribution in [0.3, 0.4) is 0 Å². The molecule has 1 unspecified atom stereocenters. The minimum absolute atomic E-state index is 0.0907. The van der Waals surface area contributed by atoms with Gasteiger partial charge >= 0.3 is 5.97 Å². The van der Waals surface area contributed by atoms with Crippen LogP contribution >= 0.6 is 0 Å². The topological polar surface area (TPSA) is 92.4 Å². The summed E-state index contributed by atoms with van der Waals surface area (Å²) in [4.78, 5) is 22.1. The molecule has 17 heavy (non-hydrogen) atoms. The van der Waals surface area contributed by atoms with Gasteiger partial charge in [-0.25, -0.2) is 0 Å². The van der Waals surface area contributed by atoms with Crippen LogP contribution in [0.1, 0.15) is 29.3 Å². The SMILES string of the molecule is CC(CC(=O)O)NC(=O)c1ccc(CN)cc1. The zero-order valence-electron chi connectivity index (χ0n) is 9.64. The molecule has 0 aliphatic carbocycles. The zero-order chi connectivity index (χ0) is 12.8. The second kappa shape index (κ2) is 6.00. The summed E-state index contributed by atoms with van der Waals surface area (Å²) in [6.07, 6.45) is -0.0907. The number of carbonyl (C=O) groups excluding carboxylic acids is 1. The van der Waals surface area contributed by atoms with Crippen molar-refractivity contribution in [2.45, 2.75) is 25.9 Å². The number of amides is 1. The van der Waals surface area contributed by atoms with Gasteiger partial charge in [-0.2, -0.15) is 0 Å². The second-order valence-electron chi connectivity index (χ2n) is 3.87. The smallest absolute Gasteiger partial charge is 0.305 e. The van der Waals surface area contributed by atoms with Crippen LogP contribution in [-0.4, -0.2) is 23.0 Å². The molecular weight excluding hydrogens is 220 g/mol. The van der Waals surface area contributed by atoms with Gasteiger partial charge in [0.2, 0.25) is 0 Å². The third-order valence-electron chi connectivity index (χ3n) is 2.31. The van der Waals surface area contributed by atoms with Gasteiger partial charge in [0.25, 0.3) is 5.91 Å². The highest BCUT2D eigenvalue weighted by atomic mass is 16.4. The van der Waals surface area contributed by atoms with E-state index in [2.05, 4.69) is 5.32 Å². The van der Waals surface area contributed by atoms with Gasteiger partial charge < -0.3 is 16.2 Å². The number of nitrogens with one attached hydrogen (secondary N) is 1. The minimum atomic E-state index is -0.934. The monoisotopic (exact) mass is 236 g/mol. The van der Waals surface area contributed by atoms with Crippen LogP contribution in [0.2, 0.25) is 0 Å². The van der Waals surface area contributed by atoms with Crippen LogP contribution in [0, 0.1) is 0 Å². The lowest BCUT2D eigenvalue weighted by atomic mass is 10.1. The van der Waals surface area contributed by atoms with Gasteiger partial charge in [-0.05, 0) is 24.6 Å². The molecule has 0 bridgehead atoms. The van der Waals surface area contributed by atoms with Crippen LogP contribution in [0.5, 0.6) is 0 Å². The fourth-order valence-corrected chi connectivity index (χ4v) is 1.41. The van der Waals surface area contributed by atoms with Gasteiger partial charge in [0.15, 0.2) is 0 Å². The molecule has 4 N–H and O–H groups in total. The Hall–Kier alpha value is -1.88. The quantitative estimate of drug-likeness (QED) is 0.703. The number of carboxylic acids is 1. The van der Waals surface area contributed by atoms with E-state index in [0.717, 1.165) is 5.56 Å². The lowest BCUT2D eigenvalue weighted by Crippen LogP contribution is -2.34. The molecule has 5 heteroatoms. The summed E-state index contributed by atoms with van der Waals surface area (Å²) < 4.78 is 0. The highest BCUT2D eigenvalue weighted by Crippen LogP contribution is 2.04. The molecule has 0 radical (unpaired) electrons. The molecule has 1 aromatic carbocycles. The molecule has 92 valence electrons. The third-order valence-corrected chi connectivity index (χ3v) is 2.31. The maximum absolute atomic E-state index is 11.7. The highest BCUT2D eigenvalue weighted by Gasteiger charge is 2.12. The van der Waals surface area contributed by atoms with E-state index in [-0.39, 0.29) is 12.3 Å². The summed E-state index contributed by atoms with van der Waals surface area (Å²) in [5.74, 6) is -1.21. The van der Waals surface area contributed by atoms with Crippen molar-refractivity contribution in [2.75, 3.05) is 0 Å². The first kappa shape index (κ1) is 13.2. The van der Waals surface area contributed by atoms with E-state index in [0.29, 0.717) is 12.1 Å². The van der Waals surface area contributed by atoms with Crippen molar-refractivity contribution in [3.05, 3.63) is 35.4 Å². The average molecular weight is 236 g/mol. The number of hydrogen-bond acceptors (Lipinski definition) is 3. The summed E-state index contributed by atoms with van der Waals surface area (Å²) in [6.45, 7) is 2.08. The molecule has 5 nitrogen and oxygen atoms in total. The van der Waals surface area contributed by atoms with Gasteiger partial charge in [-0.3, -0.25) is 9.59 Å². The molecule has 1 atom stereocenters. The second-order valence-corrected chi connectivity index (χ2v) is 3.87. The predicted octanol–water partition coefficient (Wildman–Crippen LogP) is 0.738. The molecule has 0 aliphatic rings. The zero-order valence-corrected chi connectivity index (χ0v) is 9.64. The van der Waals surface area contributed by atoms with Crippen molar-refractivity contribution in [3.8, 4) is 0 Å². The van der Waals surface area contributed by atoms with Crippen molar-refractivity contribution in [2.24, 2.45) is 5.73 Å². The molecule has 0 aromatic heterocycles. The van der Waals surface area contributed by atoms with Crippen molar-refractivity contribution < 1.29 is 14.7 Å². The standard InChI is InChI=1S/C12H16N2O3/c1-8(6-11(15)16)14-12(17)10-4-2-9(7-13)3-5-10/h2-5,8H,6-7,13H2,1H3,(H,14,17)(H,15,16). The number of nitrogens with two attached hydrogens (primary N) is 1. The third kappa shape index (κ3) is 4.24. The van der Waals surface area contributed by atoms with E-state index in [4.69, 9.17) is 10.8 Å². The van der Waals surface area contributed by atoms with E-state index in [1.165, 1.54) is 0 Å². The van der Waals surface area contributed by atoms with Crippen LogP contribution in [0.15, 0.2) is 24.3 Å². The normalized spacial score (nSPS) is 11.9. The minimum Gasteiger partial charge on any atom is -0.481 e. The van der Waals surface area contributed by atoms with Crippen LogP contribution < -0.4 is 11.1 Å². The number of aliphatic carboxylic acids is 1. The maximum atomic E-state index is 11.7. The van der Waals surface area contributed by atoms with Crippen LogP contribution in [-0.2, 0) is 11.3 Å². The molecule has 0 fully saturated rings. The first-order valence-corrected chi connectivity index (χ1v) is 5.34. The fraction of sp³-hybridized carbons (Fsp3) is 0.333. The molecule has 0 aliphatic heterocycles. The number of carboxylic acid groups (broad SMARTS) is 1. The number of carbonyl (C=O) groups is 2. The summed E-state index contributed by atoms with van der Waals surface area (Å²) in [6, 6.07) is 6.50. The molecule has 0 spiro atoms. The Balaban J connectivity index is 2.60. The number of benzene rings is 1. The highest BCUT2D eigenvalue weighted by molar-refractivity contribution is 5.94. The largest absolute Gasteiger partial charge is 0.481 e. The van der Waals surface area contributed by atoms with Crippen LogP contribution in [0.4, 0.5) is 0 Å². The Kier molecular flexibility index (Phi) is 4.66. The molecule has 0 saturated carbocycles. The number of rotatable bonds is 5. The first-order valence-electron chi connectivity index (χ1n) is 5.34. The summed E-state index contributed by atoms with van der Waals surface area (Å²) in [7, 11) is 0. The number of hydrogen-bond donors (Lipinski definition) is 3. The van der Waals surface area contributed by atoms with Gasteiger partial charge in [-0.15, -0.1) is 0 Å². The van der Waals surface area contributed by atoms with Gasteiger partial charge in [-0.1, -0.05) is 12.1 Å². The summed E-state index contributed by atoms with van der Waals surface area (Å²) >= 11 is 0. The van der Waals surface area contributed by atoms with Crippen molar-refractivity contribution in [3.63, 3.8) is 0 Å². The summed E-state index contributed by atoms with van der Waals surface area (Å²) in [5.41, 5.74) is 6.89. The fourth-order valence-electron chi connectivity index (χ4n) is 1.41. The van der Waals surface area contributed by atoms with E-state index in [1.807, 2.05) is 0 Å². The van der Waals surface area contributed by atoms with Gasteiger partial charge in [0.05, 0.1) is 6.42 Å². The van der Waals surface area contributed by atoms with Gasteiger partial charge in [0.1, 0.15) is 0 Å². The predicted molar refractivity (Wildman–Crippen MR) is 63.5 cm³/mol. The lowest BCUT2D eigenvalue weighted by Gasteiger charge is -2.11. The Labute approximate surface area is 99.6 Å². The average Bonchev–Trinajstić information content (AvgIpc) is 2.28. The summed E-state index contributed by atoms with van der Waals surface area (Å²) in [5, 5.41) is 11.2. The van der Waals surface area contributed by atoms with E-state index < -0.39 is 12.0 Å². The van der Waals surface area contributed by atoms with E-state index >= 15 is 0 Å². The molecule has 0 heterocycles. The molecular formula is C12H16N2O3. The van der Waals surface area contributed by atoms with Crippen LogP contribution in [0.25, 0.3) is 0 Å². The lowest BCUT2D eigenvalue weighted by molar-refractivity contribution is -0.137. The molecule has 1 aromatic rings. The van der Waals surface area contributed by atoms with E-state index in [1.54, 1.807) is 31.2 Å². The molecule has 0 saturated heterocycles. The van der Waals surface area contributed by atoms with Crippen molar-refractivity contribution >= 4 is 11.9 Å². The Morgan fingerprint density at radius 2 is 1.94 bits per heavy atom. The Morgan fingerprint density at radius 3 is 2.41 bits per heavy atom. The van der Waals surface area contributed by atoms with Crippen molar-refractivity contribution in [1.82, 2.24) is 5.32 Å². The Bertz CT molecular complexity index is 401. The molecule has 1 amide bonds. The van der Waals surface area contributed by atoms with E-state index in [9.17, 15) is 9.59 Å².